The van der Waals surface area contributed by atoms with Crippen LogP contribution in [0, 0.1) is 0 Å². The fraction of sp³-hybridized carbons (Fsp3) is 0.182. The van der Waals surface area contributed by atoms with Crippen molar-refractivity contribution in [3.8, 4) is 0 Å². The maximum absolute atomic E-state index is 13.4. The minimum atomic E-state index is -4.68. The Morgan fingerprint density at radius 1 is 1.00 bits per heavy atom. The van der Waals surface area contributed by atoms with Gasteiger partial charge in [-0.05, 0) is 17.7 Å². The van der Waals surface area contributed by atoms with E-state index in [-0.39, 0.29) is 24.5 Å². The van der Waals surface area contributed by atoms with Gasteiger partial charge in [0.05, 0.1) is 0 Å². The summed E-state index contributed by atoms with van der Waals surface area (Å²) in [6.07, 6.45) is -4.68. The summed E-state index contributed by atoms with van der Waals surface area (Å²) in [6, 6.07) is 15.8. The van der Waals surface area contributed by atoms with Crippen LogP contribution in [0.5, 0.6) is 0 Å². The summed E-state index contributed by atoms with van der Waals surface area (Å²) in [5.74, 6) is -1.79. The Balaban J connectivity index is 1.64. The highest BCUT2D eigenvalue weighted by molar-refractivity contribution is 5.97. The van der Waals surface area contributed by atoms with Gasteiger partial charge in [0.2, 0.25) is 5.82 Å². The zero-order valence-electron chi connectivity index (χ0n) is 16.4. The summed E-state index contributed by atoms with van der Waals surface area (Å²) in [5, 5.41) is 7.68. The van der Waals surface area contributed by atoms with Crippen molar-refractivity contribution in [2.75, 3.05) is 6.54 Å². The number of amides is 1. The predicted octanol–water partition coefficient (Wildman–Crippen LogP) is 3.65. The lowest BCUT2D eigenvalue weighted by Crippen LogP contribution is -2.44. The number of carbonyl (C=O) groups is 1. The second-order valence-corrected chi connectivity index (χ2v) is 7.33. The molecule has 1 atom stereocenters. The highest BCUT2D eigenvalue weighted by Crippen LogP contribution is 2.36. The standard InChI is InChI=1S/C22H15F3N4O3/c23-22(24,25)21-27-26-18-17(13-6-2-1-3-7-13)28(10-11-29(18)21)19(30)15-12-14-8-4-5-9-16(14)32-20(15)31/h1-9,12,17H,10-11H2. The van der Waals surface area contributed by atoms with Crippen LogP contribution in [-0.2, 0) is 12.7 Å². The van der Waals surface area contributed by atoms with Crippen LogP contribution in [0.2, 0.25) is 0 Å². The Labute approximate surface area is 178 Å². The number of nitrogens with zero attached hydrogens (tertiary/aromatic N) is 4. The van der Waals surface area contributed by atoms with Crippen molar-refractivity contribution in [3.05, 3.63) is 93.9 Å². The van der Waals surface area contributed by atoms with Crippen molar-refractivity contribution < 1.29 is 22.4 Å². The number of benzene rings is 2. The number of halogens is 3. The second-order valence-electron chi connectivity index (χ2n) is 7.33. The number of carbonyl (C=O) groups excluding carboxylic acids is 1. The van der Waals surface area contributed by atoms with Gasteiger partial charge in [-0.15, -0.1) is 10.2 Å². The number of hydrogen-bond acceptors (Lipinski definition) is 5. The maximum atomic E-state index is 13.4. The molecule has 0 saturated carbocycles. The van der Waals surface area contributed by atoms with Crippen molar-refractivity contribution in [1.82, 2.24) is 19.7 Å². The normalized spacial score (nSPS) is 16.2. The average molecular weight is 440 g/mol. The molecule has 162 valence electrons. The SMILES string of the molecule is O=C(c1cc2ccccc2oc1=O)N1CCn2c(nnc2C(F)(F)F)C1c1ccccc1. The summed E-state index contributed by atoms with van der Waals surface area (Å²) in [6.45, 7) is -0.232. The number of hydrogen-bond donors (Lipinski definition) is 0. The van der Waals surface area contributed by atoms with Crippen molar-refractivity contribution in [2.45, 2.75) is 18.8 Å². The number of fused-ring (bicyclic) bond motifs is 2. The Hall–Kier alpha value is -3.95. The van der Waals surface area contributed by atoms with Gasteiger partial charge in [-0.2, -0.15) is 13.2 Å². The molecule has 0 aliphatic carbocycles. The molecule has 0 fully saturated rings. The van der Waals surface area contributed by atoms with Crippen LogP contribution in [0.1, 0.15) is 33.6 Å². The van der Waals surface area contributed by atoms with Crippen LogP contribution in [0.25, 0.3) is 11.0 Å². The van der Waals surface area contributed by atoms with Gasteiger partial charge in [-0.1, -0.05) is 48.5 Å². The van der Waals surface area contributed by atoms with E-state index in [1.807, 2.05) is 0 Å². The van der Waals surface area contributed by atoms with Crippen LogP contribution in [0.3, 0.4) is 0 Å². The molecule has 32 heavy (non-hydrogen) atoms. The fourth-order valence-corrected chi connectivity index (χ4v) is 3.97. The van der Waals surface area contributed by atoms with Crippen molar-refractivity contribution >= 4 is 16.9 Å². The lowest BCUT2D eigenvalue weighted by atomic mass is 10.0. The molecule has 0 saturated heterocycles. The first-order valence-corrected chi connectivity index (χ1v) is 9.73. The molecule has 1 aliphatic heterocycles. The average Bonchev–Trinajstić information content (AvgIpc) is 3.23. The Kier molecular flexibility index (Phi) is 4.58. The van der Waals surface area contributed by atoms with Gasteiger partial charge in [0.15, 0.2) is 5.82 Å². The predicted molar refractivity (Wildman–Crippen MR) is 107 cm³/mol. The summed E-state index contributed by atoms with van der Waals surface area (Å²) in [7, 11) is 0. The summed E-state index contributed by atoms with van der Waals surface area (Å²) in [5.41, 5.74) is -0.132. The topological polar surface area (TPSA) is 81.2 Å². The van der Waals surface area contributed by atoms with E-state index >= 15 is 0 Å². The molecule has 1 aliphatic rings. The molecule has 1 amide bonds. The second kappa shape index (κ2) is 7.33. The first-order chi connectivity index (χ1) is 15.3. The van der Waals surface area contributed by atoms with E-state index in [2.05, 4.69) is 10.2 Å². The molecule has 0 radical (unpaired) electrons. The van der Waals surface area contributed by atoms with Crippen LogP contribution >= 0.6 is 0 Å². The number of alkyl halides is 3. The highest BCUT2D eigenvalue weighted by Gasteiger charge is 2.43. The van der Waals surface area contributed by atoms with E-state index in [9.17, 15) is 22.8 Å². The van der Waals surface area contributed by atoms with Crippen LogP contribution in [0.15, 0.2) is 69.9 Å². The summed E-state index contributed by atoms with van der Waals surface area (Å²) in [4.78, 5) is 27.3. The molecule has 0 bridgehead atoms. The Morgan fingerprint density at radius 2 is 1.72 bits per heavy atom. The molecule has 3 heterocycles. The molecule has 5 rings (SSSR count). The number of para-hydroxylation sites is 1. The lowest BCUT2D eigenvalue weighted by molar-refractivity contribution is -0.148. The largest absolute Gasteiger partial charge is 0.451 e. The monoisotopic (exact) mass is 440 g/mol. The van der Waals surface area contributed by atoms with Crippen molar-refractivity contribution in [2.24, 2.45) is 0 Å². The molecule has 0 spiro atoms. The summed E-state index contributed by atoms with van der Waals surface area (Å²) < 4.78 is 46.5. The van der Waals surface area contributed by atoms with E-state index in [0.717, 1.165) is 4.57 Å². The minimum absolute atomic E-state index is 0.0201. The van der Waals surface area contributed by atoms with Crippen LogP contribution < -0.4 is 5.63 Å². The third kappa shape index (κ3) is 3.24. The molecular weight excluding hydrogens is 425 g/mol. The third-order valence-corrected chi connectivity index (χ3v) is 5.40. The first kappa shape index (κ1) is 20.0. The zero-order chi connectivity index (χ0) is 22.5. The molecule has 2 aromatic heterocycles. The molecule has 1 unspecified atom stereocenters. The van der Waals surface area contributed by atoms with Gasteiger partial charge in [0.1, 0.15) is 17.2 Å². The van der Waals surface area contributed by atoms with Gasteiger partial charge in [-0.3, -0.25) is 4.79 Å². The number of aromatic nitrogens is 3. The minimum Gasteiger partial charge on any atom is -0.422 e. The van der Waals surface area contributed by atoms with Gasteiger partial charge >= 0.3 is 11.8 Å². The van der Waals surface area contributed by atoms with Gasteiger partial charge in [0.25, 0.3) is 5.91 Å². The van der Waals surface area contributed by atoms with E-state index in [1.165, 1.54) is 11.0 Å². The fourth-order valence-electron chi connectivity index (χ4n) is 3.97. The molecule has 10 heteroatoms. The van der Waals surface area contributed by atoms with Crippen molar-refractivity contribution in [1.29, 1.82) is 0 Å². The maximum Gasteiger partial charge on any atom is 0.451 e. The van der Waals surface area contributed by atoms with E-state index in [1.54, 1.807) is 54.6 Å². The molecule has 7 nitrogen and oxygen atoms in total. The Bertz CT molecular complexity index is 1380. The van der Waals surface area contributed by atoms with Gasteiger partial charge in [0, 0.05) is 18.5 Å². The van der Waals surface area contributed by atoms with Crippen LogP contribution in [-0.4, -0.2) is 32.1 Å². The number of rotatable bonds is 2. The molecule has 0 N–H and O–H groups in total. The highest BCUT2D eigenvalue weighted by atomic mass is 19.4. The van der Waals surface area contributed by atoms with E-state index < -0.39 is 29.6 Å². The van der Waals surface area contributed by atoms with Gasteiger partial charge < -0.3 is 13.9 Å². The lowest BCUT2D eigenvalue weighted by Gasteiger charge is -2.36. The van der Waals surface area contributed by atoms with Crippen molar-refractivity contribution in [3.63, 3.8) is 0 Å². The third-order valence-electron chi connectivity index (χ3n) is 5.40. The Morgan fingerprint density at radius 3 is 2.47 bits per heavy atom. The summed E-state index contributed by atoms with van der Waals surface area (Å²) >= 11 is 0. The first-order valence-electron chi connectivity index (χ1n) is 9.73. The smallest absolute Gasteiger partial charge is 0.422 e. The van der Waals surface area contributed by atoms with E-state index in [0.29, 0.717) is 16.5 Å². The van der Waals surface area contributed by atoms with Gasteiger partial charge in [-0.25, -0.2) is 4.79 Å². The zero-order valence-corrected chi connectivity index (χ0v) is 16.4. The quantitative estimate of drug-likeness (QED) is 0.445. The molecular formula is C22H15F3N4O3. The van der Waals surface area contributed by atoms with E-state index in [4.69, 9.17) is 4.42 Å². The molecule has 2 aromatic carbocycles. The van der Waals surface area contributed by atoms with Crippen LogP contribution in [0.4, 0.5) is 13.2 Å². The molecule has 4 aromatic rings.